The van der Waals surface area contributed by atoms with Crippen LogP contribution in [-0.2, 0) is 0 Å². The quantitative estimate of drug-likeness (QED) is 0.628. The molecule has 2 aromatic carbocycles. The summed E-state index contributed by atoms with van der Waals surface area (Å²) in [6, 6.07) is 13.0. The Bertz CT molecular complexity index is 862. The van der Waals surface area contributed by atoms with Crippen LogP contribution in [0.1, 0.15) is 9.67 Å². The summed E-state index contributed by atoms with van der Waals surface area (Å²) in [6.07, 6.45) is 0. The number of hydrogen-bond acceptors (Lipinski definition) is 3. The maximum atomic E-state index is 12.5. The summed E-state index contributed by atoms with van der Waals surface area (Å²) in [6.45, 7) is 0. The summed E-state index contributed by atoms with van der Waals surface area (Å²) in [5.41, 5.74) is 0.707. The molecule has 3 nitrogen and oxygen atoms in total. The van der Waals surface area contributed by atoms with Crippen molar-refractivity contribution in [3.63, 3.8) is 0 Å². The van der Waals surface area contributed by atoms with E-state index in [1.54, 1.807) is 7.11 Å². The van der Waals surface area contributed by atoms with Crippen molar-refractivity contribution in [1.82, 2.24) is 0 Å². The number of nitrogens with one attached hydrogen (secondary N) is 1. The van der Waals surface area contributed by atoms with Gasteiger partial charge in [0, 0.05) is 14.6 Å². The van der Waals surface area contributed by atoms with E-state index < -0.39 is 0 Å². The normalized spacial score (nSPS) is 10.7. The highest BCUT2D eigenvalue weighted by molar-refractivity contribution is 9.10. The number of ether oxygens (including phenoxy) is 1. The predicted molar refractivity (Wildman–Crippen MR) is 95.5 cm³/mol. The minimum Gasteiger partial charge on any atom is -0.497 e. The monoisotopic (exact) mass is 395 g/mol. The first-order chi connectivity index (χ1) is 10.6. The molecule has 3 rings (SSSR count). The second-order valence-electron chi connectivity index (χ2n) is 4.54. The molecule has 1 heterocycles. The zero-order valence-corrected chi connectivity index (χ0v) is 14.7. The average molecular weight is 397 g/mol. The van der Waals surface area contributed by atoms with Crippen LogP contribution in [-0.4, -0.2) is 13.0 Å². The number of carbonyl (C=O) groups is 1. The number of amides is 1. The van der Waals surface area contributed by atoms with Gasteiger partial charge >= 0.3 is 0 Å². The molecule has 0 atom stereocenters. The number of rotatable bonds is 3. The van der Waals surface area contributed by atoms with E-state index in [1.165, 1.54) is 11.3 Å². The van der Waals surface area contributed by atoms with Gasteiger partial charge in [-0.3, -0.25) is 4.79 Å². The highest BCUT2D eigenvalue weighted by Crippen LogP contribution is 2.38. The van der Waals surface area contributed by atoms with Crippen LogP contribution < -0.4 is 10.1 Å². The SMILES string of the molecule is COc1ccc2sc(C(=O)Nc3ccccc3Br)c(Cl)c2c1. The number of para-hydroxylation sites is 1. The Hall–Kier alpha value is -1.56. The van der Waals surface area contributed by atoms with Crippen LogP contribution in [0.25, 0.3) is 10.1 Å². The fourth-order valence-electron chi connectivity index (χ4n) is 2.06. The van der Waals surface area contributed by atoms with Gasteiger partial charge in [0.25, 0.3) is 5.91 Å². The van der Waals surface area contributed by atoms with Crippen LogP contribution in [0.5, 0.6) is 5.75 Å². The van der Waals surface area contributed by atoms with Gasteiger partial charge in [-0.2, -0.15) is 0 Å². The van der Waals surface area contributed by atoms with Crippen molar-refractivity contribution in [2.75, 3.05) is 12.4 Å². The molecule has 0 saturated heterocycles. The molecule has 0 aliphatic carbocycles. The fraction of sp³-hybridized carbons (Fsp3) is 0.0625. The van der Waals surface area contributed by atoms with Crippen LogP contribution in [0.3, 0.4) is 0 Å². The van der Waals surface area contributed by atoms with E-state index in [9.17, 15) is 4.79 Å². The van der Waals surface area contributed by atoms with E-state index in [4.69, 9.17) is 16.3 Å². The minimum absolute atomic E-state index is 0.225. The number of methoxy groups -OCH3 is 1. The Morgan fingerprint density at radius 2 is 2.05 bits per heavy atom. The largest absolute Gasteiger partial charge is 0.497 e. The molecule has 0 aliphatic heterocycles. The summed E-state index contributed by atoms with van der Waals surface area (Å²) in [5, 5.41) is 4.14. The van der Waals surface area contributed by atoms with Crippen LogP contribution >= 0.6 is 38.9 Å². The first kappa shape index (κ1) is 15.3. The van der Waals surface area contributed by atoms with Gasteiger partial charge in [-0.25, -0.2) is 0 Å². The van der Waals surface area contributed by atoms with Crippen LogP contribution in [0.15, 0.2) is 46.9 Å². The molecule has 1 N–H and O–H groups in total. The molecule has 0 saturated carbocycles. The Balaban J connectivity index is 1.97. The van der Waals surface area contributed by atoms with Crippen molar-refractivity contribution in [3.8, 4) is 5.75 Å². The van der Waals surface area contributed by atoms with Gasteiger partial charge in [0.2, 0.25) is 0 Å². The molecule has 1 amide bonds. The van der Waals surface area contributed by atoms with E-state index in [0.717, 1.165) is 14.6 Å². The van der Waals surface area contributed by atoms with E-state index in [0.29, 0.717) is 21.3 Å². The third-order valence-corrected chi connectivity index (χ3v) is 5.53. The molecule has 112 valence electrons. The Labute approximate surface area is 145 Å². The third-order valence-electron chi connectivity index (χ3n) is 3.16. The zero-order valence-electron chi connectivity index (χ0n) is 11.5. The Morgan fingerprint density at radius 3 is 2.77 bits per heavy atom. The zero-order chi connectivity index (χ0) is 15.7. The molecule has 0 unspecified atom stereocenters. The van der Waals surface area contributed by atoms with Crippen LogP contribution in [0.4, 0.5) is 5.69 Å². The maximum absolute atomic E-state index is 12.5. The number of anilines is 1. The lowest BCUT2D eigenvalue weighted by Crippen LogP contribution is -2.10. The summed E-state index contributed by atoms with van der Waals surface area (Å²) >= 11 is 11.1. The molecule has 3 aromatic rings. The first-order valence-electron chi connectivity index (χ1n) is 6.42. The predicted octanol–water partition coefficient (Wildman–Crippen LogP) is 5.58. The lowest BCUT2D eigenvalue weighted by molar-refractivity contribution is 0.103. The topological polar surface area (TPSA) is 38.3 Å². The third kappa shape index (κ3) is 2.84. The van der Waals surface area contributed by atoms with Crippen LogP contribution in [0.2, 0.25) is 5.02 Å². The van der Waals surface area contributed by atoms with Gasteiger partial charge in [0.1, 0.15) is 10.6 Å². The van der Waals surface area contributed by atoms with Gasteiger partial charge < -0.3 is 10.1 Å². The number of benzene rings is 2. The molecule has 22 heavy (non-hydrogen) atoms. The van der Waals surface area contributed by atoms with Crippen molar-refractivity contribution in [1.29, 1.82) is 0 Å². The molecular formula is C16H11BrClNO2S. The molecule has 0 aliphatic rings. The highest BCUT2D eigenvalue weighted by atomic mass is 79.9. The Morgan fingerprint density at radius 1 is 1.27 bits per heavy atom. The summed E-state index contributed by atoms with van der Waals surface area (Å²) in [5.74, 6) is 0.488. The highest BCUT2D eigenvalue weighted by Gasteiger charge is 2.18. The lowest BCUT2D eigenvalue weighted by Gasteiger charge is -2.05. The second kappa shape index (κ2) is 6.28. The number of fused-ring (bicyclic) bond motifs is 1. The minimum atomic E-state index is -0.225. The fourth-order valence-corrected chi connectivity index (χ4v) is 3.83. The van der Waals surface area contributed by atoms with E-state index >= 15 is 0 Å². The maximum Gasteiger partial charge on any atom is 0.267 e. The van der Waals surface area contributed by atoms with E-state index in [-0.39, 0.29) is 5.91 Å². The van der Waals surface area contributed by atoms with Gasteiger partial charge in [0.05, 0.1) is 17.8 Å². The number of thiophene rings is 1. The molecule has 0 fully saturated rings. The van der Waals surface area contributed by atoms with E-state index in [1.807, 2.05) is 42.5 Å². The van der Waals surface area contributed by atoms with Crippen molar-refractivity contribution < 1.29 is 9.53 Å². The summed E-state index contributed by atoms with van der Waals surface area (Å²) < 4.78 is 6.97. The van der Waals surface area contributed by atoms with E-state index in [2.05, 4.69) is 21.2 Å². The van der Waals surface area contributed by atoms with Gasteiger partial charge in [-0.05, 0) is 46.3 Å². The Kier molecular flexibility index (Phi) is 4.38. The van der Waals surface area contributed by atoms with Crippen molar-refractivity contribution in [2.24, 2.45) is 0 Å². The smallest absolute Gasteiger partial charge is 0.267 e. The summed E-state index contributed by atoms with van der Waals surface area (Å²) in [4.78, 5) is 13.0. The van der Waals surface area contributed by atoms with Gasteiger partial charge in [-0.15, -0.1) is 11.3 Å². The molecule has 0 bridgehead atoms. The summed E-state index contributed by atoms with van der Waals surface area (Å²) in [7, 11) is 1.60. The number of hydrogen-bond donors (Lipinski definition) is 1. The van der Waals surface area contributed by atoms with Crippen LogP contribution in [0, 0.1) is 0 Å². The average Bonchev–Trinajstić information content (AvgIpc) is 2.86. The van der Waals surface area contributed by atoms with Gasteiger partial charge in [0.15, 0.2) is 0 Å². The molecule has 0 radical (unpaired) electrons. The first-order valence-corrected chi connectivity index (χ1v) is 8.41. The second-order valence-corrected chi connectivity index (χ2v) is 6.83. The van der Waals surface area contributed by atoms with Crippen molar-refractivity contribution in [2.45, 2.75) is 0 Å². The molecule has 1 aromatic heterocycles. The molecule has 0 spiro atoms. The standard InChI is InChI=1S/C16H11BrClNO2S/c1-21-9-6-7-13-10(8-9)14(18)15(22-13)16(20)19-12-5-3-2-4-11(12)17/h2-8H,1H3,(H,19,20). The number of carbonyl (C=O) groups excluding carboxylic acids is 1. The van der Waals surface area contributed by atoms with Crippen molar-refractivity contribution >= 4 is 60.5 Å². The lowest BCUT2D eigenvalue weighted by atomic mass is 10.2. The molecular weight excluding hydrogens is 386 g/mol. The van der Waals surface area contributed by atoms with Gasteiger partial charge in [-0.1, -0.05) is 23.7 Å². The molecule has 6 heteroatoms. The van der Waals surface area contributed by atoms with Crippen molar-refractivity contribution in [3.05, 3.63) is 56.8 Å². The number of halogens is 2.